The number of ether oxygens (including phenoxy) is 2. The molecule has 1 heterocycles. The van der Waals surface area contributed by atoms with E-state index in [-0.39, 0.29) is 11.7 Å². The molecule has 0 spiro atoms. The van der Waals surface area contributed by atoms with Crippen LogP contribution in [0.5, 0.6) is 11.5 Å². The monoisotopic (exact) mass is 287 g/mol. The first-order chi connectivity index (χ1) is 10.1. The molecule has 1 aliphatic heterocycles. The van der Waals surface area contributed by atoms with Gasteiger partial charge in [0.05, 0.1) is 0 Å². The Morgan fingerprint density at radius 2 is 1.67 bits per heavy atom. The number of carbonyl (C=O) groups is 1. The predicted molar refractivity (Wildman–Crippen MR) is 76.0 cm³/mol. The summed E-state index contributed by atoms with van der Waals surface area (Å²) >= 11 is 0. The fourth-order valence-electron chi connectivity index (χ4n) is 2.15. The molecule has 0 saturated carbocycles. The van der Waals surface area contributed by atoms with Crippen molar-refractivity contribution in [1.29, 1.82) is 0 Å². The fraction of sp³-hybridized carbons (Fsp3) is 0.188. The van der Waals surface area contributed by atoms with E-state index >= 15 is 0 Å². The second-order valence-electron chi connectivity index (χ2n) is 4.80. The van der Waals surface area contributed by atoms with E-state index in [4.69, 9.17) is 9.47 Å². The Kier molecular flexibility index (Phi) is 3.48. The number of nitrogens with one attached hydrogen (secondary N) is 1. The molecule has 0 radical (unpaired) electrons. The average Bonchev–Trinajstić information content (AvgIpc) is 2.49. The maximum absolute atomic E-state index is 12.8. The van der Waals surface area contributed by atoms with Gasteiger partial charge in [0.1, 0.15) is 11.9 Å². The van der Waals surface area contributed by atoms with E-state index in [9.17, 15) is 9.18 Å². The van der Waals surface area contributed by atoms with Gasteiger partial charge in [0.2, 0.25) is 6.10 Å². The molecule has 1 aliphatic rings. The zero-order valence-corrected chi connectivity index (χ0v) is 11.4. The first-order valence-corrected chi connectivity index (χ1v) is 6.62. The Morgan fingerprint density at radius 1 is 1.05 bits per heavy atom. The normalized spacial score (nSPS) is 19.9. The number of benzene rings is 2. The standard InChI is InChI=1S/C16H14FNO3/c1-10-15(21-14-5-3-2-4-13(14)20-10)16(19)18-12-8-6-11(17)7-9-12/h2-10,15H,1H3,(H,18,19)/t10-,15-/m0/s1. The molecular formula is C16H14FNO3. The Morgan fingerprint density at radius 3 is 2.33 bits per heavy atom. The molecule has 0 aromatic heterocycles. The highest BCUT2D eigenvalue weighted by molar-refractivity contribution is 5.95. The predicted octanol–water partition coefficient (Wildman–Crippen LogP) is 2.99. The quantitative estimate of drug-likeness (QED) is 0.923. The molecule has 4 nitrogen and oxygen atoms in total. The number of rotatable bonds is 2. The fourth-order valence-corrected chi connectivity index (χ4v) is 2.15. The van der Waals surface area contributed by atoms with Crippen LogP contribution in [0.3, 0.4) is 0 Å². The number of hydrogen-bond acceptors (Lipinski definition) is 3. The summed E-state index contributed by atoms with van der Waals surface area (Å²) in [6.07, 6.45) is -1.18. The summed E-state index contributed by atoms with van der Waals surface area (Å²) in [7, 11) is 0. The van der Waals surface area contributed by atoms with Gasteiger partial charge in [0, 0.05) is 5.69 Å². The van der Waals surface area contributed by atoms with E-state index in [1.807, 2.05) is 12.1 Å². The minimum atomic E-state index is -0.759. The number of halogens is 1. The molecule has 1 N–H and O–H groups in total. The Labute approximate surface area is 121 Å². The van der Waals surface area contributed by atoms with Crippen LogP contribution in [-0.4, -0.2) is 18.1 Å². The molecule has 2 aromatic carbocycles. The van der Waals surface area contributed by atoms with Crippen molar-refractivity contribution in [2.24, 2.45) is 0 Å². The lowest BCUT2D eigenvalue weighted by molar-refractivity contribution is -0.128. The molecule has 108 valence electrons. The van der Waals surface area contributed by atoms with Gasteiger partial charge in [-0.1, -0.05) is 12.1 Å². The van der Waals surface area contributed by atoms with Crippen LogP contribution < -0.4 is 14.8 Å². The first-order valence-electron chi connectivity index (χ1n) is 6.62. The summed E-state index contributed by atoms with van der Waals surface area (Å²) in [4.78, 5) is 12.3. The summed E-state index contributed by atoms with van der Waals surface area (Å²) in [5, 5.41) is 2.69. The van der Waals surface area contributed by atoms with Gasteiger partial charge in [-0.3, -0.25) is 4.79 Å². The van der Waals surface area contributed by atoms with Crippen molar-refractivity contribution < 1.29 is 18.7 Å². The van der Waals surface area contributed by atoms with Crippen molar-refractivity contribution in [3.63, 3.8) is 0 Å². The number of hydrogen-bond donors (Lipinski definition) is 1. The third-order valence-electron chi connectivity index (χ3n) is 3.21. The van der Waals surface area contributed by atoms with Gasteiger partial charge in [-0.25, -0.2) is 4.39 Å². The lowest BCUT2D eigenvalue weighted by atomic mass is 10.1. The molecule has 0 aliphatic carbocycles. The molecule has 21 heavy (non-hydrogen) atoms. The van der Waals surface area contributed by atoms with Gasteiger partial charge in [0.25, 0.3) is 5.91 Å². The largest absolute Gasteiger partial charge is 0.482 e. The van der Waals surface area contributed by atoms with Gasteiger partial charge in [-0.2, -0.15) is 0 Å². The average molecular weight is 287 g/mol. The maximum atomic E-state index is 12.8. The summed E-state index contributed by atoms with van der Waals surface area (Å²) in [5.41, 5.74) is 0.510. The first kappa shape index (κ1) is 13.4. The number of fused-ring (bicyclic) bond motifs is 1. The van der Waals surface area contributed by atoms with Crippen LogP contribution in [0.25, 0.3) is 0 Å². The van der Waals surface area contributed by atoms with E-state index in [2.05, 4.69) is 5.32 Å². The van der Waals surface area contributed by atoms with Crippen LogP contribution in [0.4, 0.5) is 10.1 Å². The maximum Gasteiger partial charge on any atom is 0.269 e. The Hall–Kier alpha value is -2.56. The van der Waals surface area contributed by atoms with Crippen LogP contribution in [0.15, 0.2) is 48.5 Å². The molecule has 2 atom stereocenters. The van der Waals surface area contributed by atoms with Crippen molar-refractivity contribution in [1.82, 2.24) is 0 Å². The van der Waals surface area contributed by atoms with Crippen molar-refractivity contribution in [3.8, 4) is 11.5 Å². The minimum Gasteiger partial charge on any atom is -0.482 e. The van der Waals surface area contributed by atoms with Gasteiger partial charge < -0.3 is 14.8 Å². The number of carbonyl (C=O) groups excluding carboxylic acids is 1. The minimum absolute atomic E-state index is 0.330. The third-order valence-corrected chi connectivity index (χ3v) is 3.21. The SMILES string of the molecule is C[C@@H]1Oc2ccccc2O[C@@H]1C(=O)Nc1ccc(F)cc1. The molecular weight excluding hydrogens is 273 g/mol. The van der Waals surface area contributed by atoms with Crippen LogP contribution >= 0.6 is 0 Å². The Bertz CT molecular complexity index is 657. The van der Waals surface area contributed by atoms with E-state index in [0.717, 1.165) is 0 Å². The van der Waals surface area contributed by atoms with Crippen molar-refractivity contribution in [2.75, 3.05) is 5.32 Å². The van der Waals surface area contributed by atoms with Crippen LogP contribution in [0.1, 0.15) is 6.92 Å². The third kappa shape index (κ3) is 2.81. The molecule has 0 fully saturated rings. The van der Waals surface area contributed by atoms with Crippen LogP contribution in [-0.2, 0) is 4.79 Å². The molecule has 0 bridgehead atoms. The molecule has 1 amide bonds. The second kappa shape index (κ2) is 5.44. The number of anilines is 1. The second-order valence-corrected chi connectivity index (χ2v) is 4.80. The van der Waals surface area contributed by atoms with Crippen LogP contribution in [0.2, 0.25) is 0 Å². The highest BCUT2D eigenvalue weighted by Gasteiger charge is 2.34. The molecule has 2 aromatic rings. The van der Waals surface area contributed by atoms with Gasteiger partial charge in [-0.05, 0) is 43.3 Å². The van der Waals surface area contributed by atoms with Crippen molar-refractivity contribution in [3.05, 3.63) is 54.3 Å². The number of para-hydroxylation sites is 2. The lowest BCUT2D eigenvalue weighted by Crippen LogP contribution is -2.46. The van der Waals surface area contributed by atoms with Gasteiger partial charge >= 0.3 is 0 Å². The summed E-state index contributed by atoms with van der Waals surface area (Å²) in [6, 6.07) is 12.8. The molecule has 0 unspecified atom stereocenters. The van der Waals surface area contributed by atoms with Crippen LogP contribution in [0, 0.1) is 5.82 Å². The summed E-state index contributed by atoms with van der Waals surface area (Å²) in [6.45, 7) is 1.77. The zero-order valence-electron chi connectivity index (χ0n) is 11.4. The van der Waals surface area contributed by atoms with Crippen molar-refractivity contribution in [2.45, 2.75) is 19.1 Å². The van der Waals surface area contributed by atoms with Gasteiger partial charge in [0.15, 0.2) is 11.5 Å². The number of amides is 1. The van der Waals surface area contributed by atoms with Crippen molar-refractivity contribution >= 4 is 11.6 Å². The highest BCUT2D eigenvalue weighted by atomic mass is 19.1. The van der Waals surface area contributed by atoms with E-state index in [1.54, 1.807) is 19.1 Å². The van der Waals surface area contributed by atoms with E-state index < -0.39 is 12.2 Å². The van der Waals surface area contributed by atoms with E-state index in [1.165, 1.54) is 24.3 Å². The summed E-state index contributed by atoms with van der Waals surface area (Å²) < 4.78 is 24.2. The smallest absolute Gasteiger partial charge is 0.269 e. The van der Waals surface area contributed by atoms with E-state index in [0.29, 0.717) is 17.2 Å². The molecule has 5 heteroatoms. The Balaban J connectivity index is 1.74. The molecule has 3 rings (SSSR count). The highest BCUT2D eigenvalue weighted by Crippen LogP contribution is 2.33. The zero-order chi connectivity index (χ0) is 14.8. The summed E-state index contributed by atoms with van der Waals surface area (Å²) in [5.74, 6) is 0.474. The molecule has 0 saturated heterocycles. The topological polar surface area (TPSA) is 47.6 Å². The van der Waals surface area contributed by atoms with Gasteiger partial charge in [-0.15, -0.1) is 0 Å². The lowest BCUT2D eigenvalue weighted by Gasteiger charge is -2.31.